The molecule has 3 unspecified atom stereocenters. The molecule has 7 nitrogen and oxygen atoms in total. The smallest absolute Gasteiger partial charge is 0.241 e. The number of nitrogens with zero attached hydrogens (tertiary/aromatic N) is 3. The number of aryl methyl sites for hydroxylation is 1. The number of hydrazine groups is 1. The van der Waals surface area contributed by atoms with Gasteiger partial charge in [0.1, 0.15) is 6.04 Å². The maximum atomic E-state index is 13.3. The lowest BCUT2D eigenvalue weighted by molar-refractivity contribution is -0.135. The molecule has 7 heteroatoms. The van der Waals surface area contributed by atoms with E-state index < -0.39 is 0 Å². The number of aromatic nitrogens is 2. The van der Waals surface area contributed by atoms with Gasteiger partial charge in [0.2, 0.25) is 5.91 Å². The molecular weight excluding hydrogens is 342 g/mol. The number of pyridine rings is 1. The topological polar surface area (TPSA) is 71.4 Å². The molecule has 0 spiro atoms. The average molecular weight is 369 g/mol. The molecule has 2 aromatic rings. The predicted octanol–water partition coefficient (Wildman–Crippen LogP) is 1.54. The lowest BCUT2D eigenvalue weighted by Crippen LogP contribution is -2.47. The molecule has 0 saturated carbocycles. The Morgan fingerprint density at radius 2 is 2.26 bits per heavy atom. The average Bonchev–Trinajstić information content (AvgIpc) is 3.43. The van der Waals surface area contributed by atoms with Crippen LogP contribution in [0.1, 0.15) is 36.7 Å². The Labute approximate surface area is 159 Å². The van der Waals surface area contributed by atoms with Gasteiger partial charge in [0, 0.05) is 38.3 Å². The molecule has 3 atom stereocenters. The third-order valence-corrected chi connectivity index (χ3v) is 5.38. The van der Waals surface area contributed by atoms with Crippen LogP contribution in [0.2, 0.25) is 0 Å². The lowest BCUT2D eigenvalue weighted by atomic mass is 10.1. The zero-order valence-corrected chi connectivity index (χ0v) is 15.7. The number of rotatable bonds is 6. The number of hydrogen-bond acceptors (Lipinski definition) is 5. The van der Waals surface area contributed by atoms with Gasteiger partial charge in [-0.25, -0.2) is 10.9 Å². The summed E-state index contributed by atoms with van der Waals surface area (Å²) in [7, 11) is 2.02. The number of carbonyl (C=O) groups is 1. The largest absolute Gasteiger partial charge is 0.376 e. The van der Waals surface area contributed by atoms with Crippen LogP contribution in [0.15, 0.2) is 42.7 Å². The van der Waals surface area contributed by atoms with E-state index in [2.05, 4.69) is 26.5 Å². The Morgan fingerprint density at radius 1 is 1.33 bits per heavy atom. The summed E-state index contributed by atoms with van der Waals surface area (Å²) in [5, 5.41) is 0. The Morgan fingerprint density at radius 3 is 2.96 bits per heavy atom. The van der Waals surface area contributed by atoms with Crippen molar-refractivity contribution in [3.63, 3.8) is 0 Å². The number of carbonyl (C=O) groups excluding carboxylic acids is 1. The van der Waals surface area contributed by atoms with E-state index in [1.807, 2.05) is 42.4 Å². The van der Waals surface area contributed by atoms with Crippen molar-refractivity contribution in [2.45, 2.75) is 44.0 Å². The highest BCUT2D eigenvalue weighted by molar-refractivity contribution is 5.82. The molecular formula is C20H27N5O2. The minimum atomic E-state index is -0.255. The fourth-order valence-corrected chi connectivity index (χ4v) is 3.92. The van der Waals surface area contributed by atoms with Gasteiger partial charge < -0.3 is 14.2 Å². The first-order chi connectivity index (χ1) is 13.2. The molecule has 0 aromatic carbocycles. The van der Waals surface area contributed by atoms with Crippen molar-refractivity contribution >= 4 is 5.91 Å². The lowest BCUT2D eigenvalue weighted by Gasteiger charge is -2.27. The fourth-order valence-electron chi connectivity index (χ4n) is 3.92. The molecule has 144 valence electrons. The SMILES string of the molecule is Cn1cccc1C1CC(C(=O)N(Cc2ccccn2)CC2CCCO2)NN1. The van der Waals surface area contributed by atoms with Crippen LogP contribution in [0.5, 0.6) is 0 Å². The maximum absolute atomic E-state index is 13.3. The molecule has 27 heavy (non-hydrogen) atoms. The van der Waals surface area contributed by atoms with Gasteiger partial charge in [-0.15, -0.1) is 0 Å². The molecule has 2 aliphatic rings. The molecule has 2 fully saturated rings. The molecule has 0 aliphatic carbocycles. The normalized spacial score (nSPS) is 25.0. The highest BCUT2D eigenvalue weighted by Crippen LogP contribution is 2.24. The highest BCUT2D eigenvalue weighted by atomic mass is 16.5. The Hall–Kier alpha value is -2.22. The van der Waals surface area contributed by atoms with Crippen molar-refractivity contribution < 1.29 is 9.53 Å². The van der Waals surface area contributed by atoms with E-state index in [-0.39, 0.29) is 24.1 Å². The van der Waals surface area contributed by atoms with Crippen LogP contribution in [-0.2, 0) is 23.1 Å². The van der Waals surface area contributed by atoms with Gasteiger partial charge in [-0.1, -0.05) is 6.07 Å². The summed E-state index contributed by atoms with van der Waals surface area (Å²) in [6, 6.07) is 9.79. The van der Waals surface area contributed by atoms with Gasteiger partial charge in [-0.05, 0) is 43.5 Å². The second-order valence-electron chi connectivity index (χ2n) is 7.35. The van der Waals surface area contributed by atoms with Crippen LogP contribution < -0.4 is 10.9 Å². The van der Waals surface area contributed by atoms with E-state index in [9.17, 15) is 4.79 Å². The molecule has 0 radical (unpaired) electrons. The van der Waals surface area contributed by atoms with Crippen LogP contribution in [0.25, 0.3) is 0 Å². The van der Waals surface area contributed by atoms with Crippen LogP contribution in [0, 0.1) is 0 Å². The Bertz CT molecular complexity index is 757. The molecule has 0 bridgehead atoms. The van der Waals surface area contributed by atoms with Gasteiger partial charge in [0.15, 0.2) is 0 Å². The molecule has 2 aliphatic heterocycles. The molecule has 2 aromatic heterocycles. The van der Waals surface area contributed by atoms with Gasteiger partial charge in [0.25, 0.3) is 0 Å². The first kappa shape index (κ1) is 18.2. The molecule has 4 rings (SSSR count). The first-order valence-electron chi connectivity index (χ1n) is 9.63. The van der Waals surface area contributed by atoms with E-state index in [0.29, 0.717) is 13.1 Å². The Balaban J connectivity index is 1.45. The van der Waals surface area contributed by atoms with Crippen LogP contribution in [0.4, 0.5) is 0 Å². The molecule has 4 heterocycles. The summed E-state index contributed by atoms with van der Waals surface area (Å²) in [4.78, 5) is 19.6. The Kier molecular flexibility index (Phi) is 5.52. The standard InChI is InChI=1S/C20H27N5O2/c1-24-10-4-8-19(24)17-12-18(23-22-17)20(26)25(14-16-7-5-11-27-16)13-15-6-2-3-9-21-15/h2-4,6,8-10,16-18,22-23H,5,7,11-14H2,1H3. The van der Waals surface area contributed by atoms with E-state index >= 15 is 0 Å². The van der Waals surface area contributed by atoms with Crippen molar-refractivity contribution in [3.8, 4) is 0 Å². The fraction of sp³-hybridized carbons (Fsp3) is 0.500. The first-order valence-corrected chi connectivity index (χ1v) is 9.63. The summed E-state index contributed by atoms with van der Waals surface area (Å²) >= 11 is 0. The molecule has 2 saturated heterocycles. The van der Waals surface area contributed by atoms with Gasteiger partial charge >= 0.3 is 0 Å². The van der Waals surface area contributed by atoms with E-state index in [4.69, 9.17) is 4.74 Å². The van der Waals surface area contributed by atoms with Crippen molar-refractivity contribution in [1.82, 2.24) is 25.3 Å². The zero-order chi connectivity index (χ0) is 18.6. The summed E-state index contributed by atoms with van der Waals surface area (Å²) < 4.78 is 7.86. The summed E-state index contributed by atoms with van der Waals surface area (Å²) in [6.45, 7) is 1.91. The van der Waals surface area contributed by atoms with Gasteiger partial charge in [0.05, 0.1) is 24.4 Å². The van der Waals surface area contributed by atoms with E-state index in [1.165, 1.54) is 5.69 Å². The number of ether oxygens (including phenoxy) is 1. The number of amides is 1. The quantitative estimate of drug-likeness (QED) is 0.808. The van der Waals surface area contributed by atoms with Crippen molar-refractivity contribution in [3.05, 3.63) is 54.1 Å². The minimum absolute atomic E-state index is 0.0976. The van der Waals surface area contributed by atoms with Crippen LogP contribution in [-0.4, -0.2) is 45.7 Å². The summed E-state index contributed by atoms with van der Waals surface area (Å²) in [5.41, 5.74) is 8.55. The second-order valence-corrected chi connectivity index (χ2v) is 7.35. The number of nitrogens with one attached hydrogen (secondary N) is 2. The molecule has 1 amide bonds. The van der Waals surface area contributed by atoms with Crippen molar-refractivity contribution in [2.24, 2.45) is 7.05 Å². The predicted molar refractivity (Wildman–Crippen MR) is 101 cm³/mol. The maximum Gasteiger partial charge on any atom is 0.241 e. The second kappa shape index (κ2) is 8.21. The van der Waals surface area contributed by atoms with E-state index in [0.717, 1.165) is 31.6 Å². The van der Waals surface area contributed by atoms with Crippen LogP contribution in [0.3, 0.4) is 0 Å². The molecule has 2 N–H and O–H groups in total. The van der Waals surface area contributed by atoms with Crippen molar-refractivity contribution in [2.75, 3.05) is 13.2 Å². The summed E-state index contributed by atoms with van der Waals surface area (Å²) in [5.74, 6) is 0.0976. The van der Waals surface area contributed by atoms with Crippen molar-refractivity contribution in [1.29, 1.82) is 0 Å². The zero-order valence-electron chi connectivity index (χ0n) is 15.7. The monoisotopic (exact) mass is 369 g/mol. The minimum Gasteiger partial charge on any atom is -0.376 e. The highest BCUT2D eigenvalue weighted by Gasteiger charge is 2.35. The van der Waals surface area contributed by atoms with Gasteiger partial charge in [-0.3, -0.25) is 9.78 Å². The summed E-state index contributed by atoms with van der Waals surface area (Å²) in [6.07, 6.45) is 6.71. The third kappa shape index (κ3) is 4.21. The van der Waals surface area contributed by atoms with E-state index in [1.54, 1.807) is 6.20 Å². The van der Waals surface area contributed by atoms with Gasteiger partial charge in [-0.2, -0.15) is 0 Å². The van der Waals surface area contributed by atoms with Crippen LogP contribution >= 0.6 is 0 Å². The third-order valence-electron chi connectivity index (χ3n) is 5.38. The number of hydrogen-bond donors (Lipinski definition) is 2.